The fourth-order valence-electron chi connectivity index (χ4n) is 2.60. The van der Waals surface area contributed by atoms with Crippen molar-refractivity contribution < 1.29 is 23.5 Å². The number of carbonyl (C=O) groups is 1. The average molecular weight is 394 g/mol. The predicted octanol–water partition coefficient (Wildman–Crippen LogP) is 2.59. The molecule has 1 amide bonds. The van der Waals surface area contributed by atoms with Gasteiger partial charge in [0.2, 0.25) is 30.3 Å². The molecule has 0 aliphatic carbocycles. The van der Waals surface area contributed by atoms with E-state index in [1.165, 1.54) is 6.08 Å². The van der Waals surface area contributed by atoms with Crippen molar-refractivity contribution >= 4 is 12.0 Å². The second kappa shape index (κ2) is 8.42. The molecule has 9 nitrogen and oxygen atoms in total. The number of nitrogens with one attached hydrogen (secondary N) is 1. The van der Waals surface area contributed by atoms with Gasteiger partial charge in [0.1, 0.15) is 0 Å². The average Bonchev–Trinajstić information content (AvgIpc) is 3.40. The second-order valence-corrected chi connectivity index (χ2v) is 5.99. The topological polar surface area (TPSA) is 109 Å². The first-order valence-electron chi connectivity index (χ1n) is 8.98. The summed E-state index contributed by atoms with van der Waals surface area (Å²) in [6, 6.07) is 8.97. The molecule has 0 radical (unpaired) electrons. The summed E-state index contributed by atoms with van der Waals surface area (Å²) < 4.78 is 21.0. The van der Waals surface area contributed by atoms with Crippen LogP contribution in [0.4, 0.5) is 0 Å². The van der Waals surface area contributed by atoms with Crippen molar-refractivity contribution in [1.82, 2.24) is 20.4 Å². The Morgan fingerprint density at radius 3 is 2.97 bits per heavy atom. The zero-order chi connectivity index (χ0) is 20.1. The molecule has 0 saturated carbocycles. The molecular weight excluding hydrogens is 376 g/mol. The Hall–Kier alpha value is -3.88. The Labute approximate surface area is 166 Å². The van der Waals surface area contributed by atoms with Crippen LogP contribution in [0.5, 0.6) is 17.4 Å². The summed E-state index contributed by atoms with van der Waals surface area (Å²) in [5.74, 6) is 2.28. The summed E-state index contributed by atoms with van der Waals surface area (Å²) in [6.45, 7) is 2.75. The molecule has 1 aromatic carbocycles. The van der Waals surface area contributed by atoms with Gasteiger partial charge in [0.05, 0.1) is 13.2 Å². The van der Waals surface area contributed by atoms with E-state index in [1.54, 1.807) is 36.5 Å². The summed E-state index contributed by atoms with van der Waals surface area (Å²) in [5.41, 5.74) is 1.52. The number of hydrogen-bond acceptors (Lipinski definition) is 8. The lowest BCUT2D eigenvalue weighted by atomic mass is 10.2. The molecular formula is C20H18N4O5. The Balaban J connectivity index is 1.31. The predicted molar refractivity (Wildman–Crippen MR) is 102 cm³/mol. The molecule has 9 heteroatoms. The van der Waals surface area contributed by atoms with Crippen LogP contribution in [0.15, 0.2) is 47.1 Å². The van der Waals surface area contributed by atoms with Gasteiger partial charge in [-0.1, -0.05) is 11.2 Å². The van der Waals surface area contributed by atoms with Crippen molar-refractivity contribution in [2.24, 2.45) is 0 Å². The lowest BCUT2D eigenvalue weighted by Crippen LogP contribution is -2.20. The molecule has 0 atom stereocenters. The van der Waals surface area contributed by atoms with E-state index in [0.717, 1.165) is 5.56 Å². The summed E-state index contributed by atoms with van der Waals surface area (Å²) in [4.78, 5) is 20.5. The molecule has 3 heterocycles. The van der Waals surface area contributed by atoms with E-state index in [4.69, 9.17) is 18.7 Å². The first kappa shape index (κ1) is 18.5. The molecule has 0 spiro atoms. The number of hydrogen-bond donors (Lipinski definition) is 1. The van der Waals surface area contributed by atoms with Gasteiger partial charge in [0.25, 0.3) is 0 Å². The van der Waals surface area contributed by atoms with Gasteiger partial charge in [-0.15, -0.1) is 0 Å². The summed E-state index contributed by atoms with van der Waals surface area (Å²) >= 11 is 0. The van der Waals surface area contributed by atoms with Crippen molar-refractivity contribution in [3.63, 3.8) is 0 Å². The molecule has 2 aromatic heterocycles. The fourth-order valence-corrected chi connectivity index (χ4v) is 2.60. The normalized spacial score (nSPS) is 12.3. The molecule has 0 fully saturated rings. The summed E-state index contributed by atoms with van der Waals surface area (Å²) in [6.07, 6.45) is 4.71. The van der Waals surface area contributed by atoms with Crippen LogP contribution in [0.3, 0.4) is 0 Å². The van der Waals surface area contributed by atoms with Gasteiger partial charge in [0, 0.05) is 23.9 Å². The molecule has 3 aromatic rings. The van der Waals surface area contributed by atoms with Crippen molar-refractivity contribution in [1.29, 1.82) is 0 Å². The van der Waals surface area contributed by atoms with E-state index in [2.05, 4.69) is 20.4 Å². The molecule has 0 unspecified atom stereocenters. The third-order valence-corrected chi connectivity index (χ3v) is 3.99. The van der Waals surface area contributed by atoms with Gasteiger partial charge in [-0.25, -0.2) is 4.98 Å². The SMILES string of the molecule is CCOc1ccc(-c2noc(CNC(=O)/C=C\c3ccc4c(c3)OCO4)n2)cn1. The minimum absolute atomic E-state index is 0.113. The van der Waals surface area contributed by atoms with Crippen LogP contribution in [0.1, 0.15) is 18.4 Å². The maximum absolute atomic E-state index is 12.0. The number of pyridine rings is 1. The quantitative estimate of drug-likeness (QED) is 0.609. The summed E-state index contributed by atoms with van der Waals surface area (Å²) in [7, 11) is 0. The Bertz CT molecular complexity index is 1030. The second-order valence-electron chi connectivity index (χ2n) is 5.99. The van der Waals surface area contributed by atoms with Crippen LogP contribution in [0, 0.1) is 0 Å². The summed E-state index contributed by atoms with van der Waals surface area (Å²) in [5, 5.41) is 6.60. The Morgan fingerprint density at radius 2 is 2.14 bits per heavy atom. The highest BCUT2D eigenvalue weighted by Gasteiger charge is 2.13. The molecule has 29 heavy (non-hydrogen) atoms. The highest BCUT2D eigenvalue weighted by atomic mass is 16.7. The number of nitrogens with zero attached hydrogens (tertiary/aromatic N) is 3. The monoisotopic (exact) mass is 394 g/mol. The van der Waals surface area contributed by atoms with E-state index < -0.39 is 0 Å². The van der Waals surface area contributed by atoms with Crippen molar-refractivity contribution in [3.8, 4) is 28.8 Å². The molecule has 0 saturated heterocycles. The molecule has 0 bridgehead atoms. The van der Waals surface area contributed by atoms with Gasteiger partial charge in [-0.05, 0) is 36.8 Å². The minimum atomic E-state index is -0.287. The smallest absolute Gasteiger partial charge is 0.246 e. The standard InChI is InChI=1S/C20H18N4O5/c1-2-26-18-8-5-14(10-22-18)20-23-19(29-24-20)11-21-17(25)7-4-13-3-6-15-16(9-13)28-12-27-15/h3-10H,2,11-12H2,1H3,(H,21,25)/b7-4-. The third kappa shape index (κ3) is 4.52. The first-order chi connectivity index (χ1) is 14.2. The number of rotatable bonds is 7. The zero-order valence-electron chi connectivity index (χ0n) is 15.6. The highest BCUT2D eigenvalue weighted by molar-refractivity contribution is 5.91. The molecule has 4 rings (SSSR count). The van der Waals surface area contributed by atoms with Gasteiger partial charge in [-0.3, -0.25) is 4.79 Å². The number of ether oxygens (including phenoxy) is 3. The third-order valence-electron chi connectivity index (χ3n) is 3.99. The van der Waals surface area contributed by atoms with Gasteiger partial charge in [0.15, 0.2) is 11.5 Å². The van der Waals surface area contributed by atoms with Crippen LogP contribution in [0.2, 0.25) is 0 Å². The number of aromatic nitrogens is 3. The number of amides is 1. The molecule has 1 N–H and O–H groups in total. The first-order valence-corrected chi connectivity index (χ1v) is 8.98. The highest BCUT2D eigenvalue weighted by Crippen LogP contribution is 2.32. The van der Waals surface area contributed by atoms with Crippen LogP contribution < -0.4 is 19.5 Å². The van der Waals surface area contributed by atoms with Crippen LogP contribution in [0.25, 0.3) is 17.5 Å². The maximum atomic E-state index is 12.0. The lowest BCUT2D eigenvalue weighted by molar-refractivity contribution is -0.116. The number of benzene rings is 1. The molecule has 1 aliphatic heterocycles. The van der Waals surface area contributed by atoms with Crippen LogP contribution >= 0.6 is 0 Å². The zero-order valence-corrected chi connectivity index (χ0v) is 15.6. The van der Waals surface area contributed by atoms with Gasteiger partial charge >= 0.3 is 0 Å². The largest absolute Gasteiger partial charge is 0.478 e. The Morgan fingerprint density at radius 1 is 1.24 bits per heavy atom. The van der Waals surface area contributed by atoms with Crippen LogP contribution in [-0.4, -0.2) is 34.4 Å². The lowest BCUT2D eigenvalue weighted by Gasteiger charge is -2.00. The van der Waals surface area contributed by atoms with E-state index >= 15 is 0 Å². The number of fused-ring (bicyclic) bond motifs is 1. The van der Waals surface area contributed by atoms with Crippen molar-refractivity contribution in [3.05, 3.63) is 54.1 Å². The van der Waals surface area contributed by atoms with Gasteiger partial charge in [-0.2, -0.15) is 4.98 Å². The number of carbonyl (C=O) groups excluding carboxylic acids is 1. The van der Waals surface area contributed by atoms with Crippen molar-refractivity contribution in [2.45, 2.75) is 13.5 Å². The van der Waals surface area contributed by atoms with E-state index in [0.29, 0.717) is 41.3 Å². The van der Waals surface area contributed by atoms with Crippen molar-refractivity contribution in [2.75, 3.05) is 13.4 Å². The maximum Gasteiger partial charge on any atom is 0.246 e. The van der Waals surface area contributed by atoms with Crippen LogP contribution in [-0.2, 0) is 11.3 Å². The Kier molecular flexibility index (Phi) is 5.37. The van der Waals surface area contributed by atoms with E-state index in [-0.39, 0.29) is 19.2 Å². The van der Waals surface area contributed by atoms with E-state index in [9.17, 15) is 4.79 Å². The van der Waals surface area contributed by atoms with E-state index in [1.807, 2.05) is 13.0 Å². The molecule has 1 aliphatic rings. The minimum Gasteiger partial charge on any atom is -0.478 e. The fraction of sp³-hybridized carbons (Fsp3) is 0.200. The molecule has 148 valence electrons. The van der Waals surface area contributed by atoms with Gasteiger partial charge < -0.3 is 24.1 Å².